The summed E-state index contributed by atoms with van der Waals surface area (Å²) < 4.78 is 0. The molecule has 2 rings (SSSR count). The Kier molecular flexibility index (Phi) is 4.44. The van der Waals surface area contributed by atoms with Crippen molar-refractivity contribution in [2.24, 2.45) is 11.5 Å². The van der Waals surface area contributed by atoms with E-state index < -0.39 is 5.91 Å². The number of ketones is 1. The average Bonchev–Trinajstić information content (AvgIpc) is 2.95. The number of Topliss-reactive ketones (excluding diaryl/α,β-unsaturated/α-hetero) is 1. The third kappa shape index (κ3) is 3.73. The van der Waals surface area contributed by atoms with Gasteiger partial charge in [0, 0.05) is 17.4 Å². The first-order valence-electron chi connectivity index (χ1n) is 6.03. The quantitative estimate of drug-likeness (QED) is 0.421. The lowest BCUT2D eigenvalue weighted by Crippen LogP contribution is -2.12. The Morgan fingerprint density at radius 2 is 2.10 bits per heavy atom. The van der Waals surface area contributed by atoms with E-state index in [1.807, 2.05) is 6.07 Å². The SMILES string of the molecule is N=C(N)c1cccc(C[CH]C(=O)c2nc(C(N)=O)cs2)c1. The summed E-state index contributed by atoms with van der Waals surface area (Å²) in [4.78, 5) is 26.8. The molecule has 0 fully saturated rings. The maximum atomic E-state index is 11.9. The topological polar surface area (TPSA) is 123 Å². The molecule has 6 nitrogen and oxygen atoms in total. The second-order valence-electron chi connectivity index (χ2n) is 4.29. The summed E-state index contributed by atoms with van der Waals surface area (Å²) >= 11 is 1.08. The van der Waals surface area contributed by atoms with Gasteiger partial charge >= 0.3 is 0 Å². The van der Waals surface area contributed by atoms with Gasteiger partial charge in [-0.2, -0.15) is 0 Å². The van der Waals surface area contributed by atoms with Crippen LogP contribution in [0.25, 0.3) is 0 Å². The molecular formula is C14H13N4O2S. The molecule has 1 amide bonds. The number of thiazole rings is 1. The van der Waals surface area contributed by atoms with Crippen LogP contribution < -0.4 is 11.5 Å². The number of nitrogens with one attached hydrogen (secondary N) is 1. The highest BCUT2D eigenvalue weighted by molar-refractivity contribution is 7.12. The van der Waals surface area contributed by atoms with Gasteiger partial charge in [-0.05, 0) is 18.1 Å². The summed E-state index contributed by atoms with van der Waals surface area (Å²) in [6, 6.07) is 7.10. The summed E-state index contributed by atoms with van der Waals surface area (Å²) in [5.41, 5.74) is 12.1. The molecule has 0 saturated heterocycles. The van der Waals surface area contributed by atoms with Gasteiger partial charge in [0.25, 0.3) is 5.91 Å². The largest absolute Gasteiger partial charge is 0.384 e. The van der Waals surface area contributed by atoms with E-state index in [9.17, 15) is 9.59 Å². The van der Waals surface area contributed by atoms with Gasteiger partial charge in [0.2, 0.25) is 0 Å². The predicted octanol–water partition coefficient (Wildman–Crippen LogP) is 1.16. The molecule has 7 heteroatoms. The first kappa shape index (κ1) is 14.9. The molecule has 0 aliphatic rings. The van der Waals surface area contributed by atoms with Crippen LogP contribution in [0.1, 0.15) is 31.4 Å². The molecule has 0 aliphatic carbocycles. The van der Waals surface area contributed by atoms with Crippen molar-refractivity contribution in [1.29, 1.82) is 5.41 Å². The number of benzene rings is 1. The van der Waals surface area contributed by atoms with Crippen LogP contribution in [0, 0.1) is 11.8 Å². The number of carbonyl (C=O) groups excluding carboxylic acids is 2. The molecule has 107 valence electrons. The number of rotatable bonds is 6. The Balaban J connectivity index is 2.02. The maximum Gasteiger partial charge on any atom is 0.268 e. The maximum absolute atomic E-state index is 11.9. The zero-order chi connectivity index (χ0) is 15.4. The second-order valence-corrected chi connectivity index (χ2v) is 5.15. The molecule has 0 atom stereocenters. The standard InChI is InChI=1S/C14H13N4O2S/c15-12(16)9-3-1-2-8(6-9)4-5-11(19)14-18-10(7-21-14)13(17)20/h1-3,5-7H,4H2,(H3,15,16)(H2,17,20). The molecule has 1 heterocycles. The van der Waals surface area contributed by atoms with E-state index in [0.717, 1.165) is 16.9 Å². The molecular weight excluding hydrogens is 288 g/mol. The summed E-state index contributed by atoms with van der Waals surface area (Å²) in [5.74, 6) is -0.936. The van der Waals surface area contributed by atoms with Gasteiger partial charge in [0.15, 0.2) is 10.8 Å². The van der Waals surface area contributed by atoms with E-state index in [1.54, 1.807) is 18.2 Å². The van der Waals surface area contributed by atoms with Crippen molar-refractivity contribution < 1.29 is 9.59 Å². The first-order chi connectivity index (χ1) is 9.97. The summed E-state index contributed by atoms with van der Waals surface area (Å²) in [5, 5.41) is 9.06. The molecule has 0 spiro atoms. The fourth-order valence-corrected chi connectivity index (χ4v) is 2.41. The third-order valence-corrected chi connectivity index (χ3v) is 3.59. The highest BCUT2D eigenvalue weighted by Gasteiger charge is 2.14. The number of carbonyl (C=O) groups is 2. The lowest BCUT2D eigenvalue weighted by atomic mass is 10.0. The Morgan fingerprint density at radius 3 is 2.71 bits per heavy atom. The highest BCUT2D eigenvalue weighted by atomic mass is 32.1. The lowest BCUT2D eigenvalue weighted by Gasteiger charge is -2.03. The van der Waals surface area contributed by atoms with Crippen LogP contribution in [0.15, 0.2) is 29.6 Å². The van der Waals surface area contributed by atoms with Gasteiger partial charge in [-0.3, -0.25) is 15.0 Å². The van der Waals surface area contributed by atoms with E-state index in [-0.39, 0.29) is 22.3 Å². The number of amides is 1. The minimum Gasteiger partial charge on any atom is -0.384 e. The fourth-order valence-electron chi connectivity index (χ4n) is 1.66. The normalized spacial score (nSPS) is 10.3. The number of primary amides is 1. The van der Waals surface area contributed by atoms with Gasteiger partial charge in [-0.25, -0.2) is 4.98 Å². The van der Waals surface area contributed by atoms with Crippen molar-refractivity contribution in [3.8, 4) is 0 Å². The molecule has 1 aromatic carbocycles. The molecule has 0 bridgehead atoms. The van der Waals surface area contributed by atoms with Crippen LogP contribution in [0.3, 0.4) is 0 Å². The number of aromatic nitrogens is 1. The van der Waals surface area contributed by atoms with Gasteiger partial charge in [-0.1, -0.05) is 18.2 Å². The smallest absolute Gasteiger partial charge is 0.268 e. The van der Waals surface area contributed by atoms with Crippen molar-refractivity contribution in [2.45, 2.75) is 6.42 Å². The minimum absolute atomic E-state index is 0.0193. The summed E-state index contributed by atoms with van der Waals surface area (Å²) in [6.45, 7) is 0. The number of amidine groups is 1. The molecule has 1 aromatic heterocycles. The number of hydrogen-bond donors (Lipinski definition) is 3. The summed E-state index contributed by atoms with van der Waals surface area (Å²) in [6.07, 6.45) is 1.87. The van der Waals surface area contributed by atoms with Crippen molar-refractivity contribution in [3.63, 3.8) is 0 Å². The van der Waals surface area contributed by atoms with E-state index in [1.165, 1.54) is 11.8 Å². The Hall–Kier alpha value is -2.54. The molecule has 5 N–H and O–H groups in total. The van der Waals surface area contributed by atoms with Crippen molar-refractivity contribution in [1.82, 2.24) is 4.98 Å². The van der Waals surface area contributed by atoms with E-state index in [2.05, 4.69) is 4.98 Å². The van der Waals surface area contributed by atoms with Crippen LogP contribution in [-0.4, -0.2) is 22.5 Å². The van der Waals surface area contributed by atoms with Gasteiger partial charge < -0.3 is 11.5 Å². The Bertz CT molecular complexity index is 709. The van der Waals surface area contributed by atoms with Crippen molar-refractivity contribution in [2.75, 3.05) is 0 Å². The fraction of sp³-hybridized carbons (Fsp3) is 0.0714. The molecule has 2 aromatic rings. The van der Waals surface area contributed by atoms with Gasteiger partial charge in [0.1, 0.15) is 11.5 Å². The van der Waals surface area contributed by atoms with E-state index in [4.69, 9.17) is 16.9 Å². The highest BCUT2D eigenvalue weighted by Crippen LogP contribution is 2.14. The molecule has 0 unspecified atom stereocenters. The molecule has 0 saturated carbocycles. The van der Waals surface area contributed by atoms with Crippen LogP contribution >= 0.6 is 11.3 Å². The zero-order valence-electron chi connectivity index (χ0n) is 11.0. The van der Waals surface area contributed by atoms with Gasteiger partial charge in [0.05, 0.1) is 0 Å². The predicted molar refractivity (Wildman–Crippen MR) is 80.4 cm³/mol. The van der Waals surface area contributed by atoms with Crippen LogP contribution in [0.5, 0.6) is 0 Å². The van der Waals surface area contributed by atoms with Crippen LogP contribution in [0.4, 0.5) is 0 Å². The zero-order valence-corrected chi connectivity index (χ0v) is 11.8. The number of nitrogens with zero attached hydrogens (tertiary/aromatic N) is 1. The molecule has 0 aliphatic heterocycles. The minimum atomic E-state index is -0.653. The Morgan fingerprint density at radius 1 is 1.33 bits per heavy atom. The monoisotopic (exact) mass is 301 g/mol. The molecule has 1 radical (unpaired) electrons. The number of nitrogen functional groups attached to an aromatic ring is 1. The number of hydrogen-bond acceptors (Lipinski definition) is 5. The van der Waals surface area contributed by atoms with Crippen molar-refractivity contribution >= 4 is 28.9 Å². The number of nitrogens with two attached hydrogens (primary N) is 2. The third-order valence-electron chi connectivity index (χ3n) is 2.73. The second kappa shape index (κ2) is 6.27. The van der Waals surface area contributed by atoms with Crippen LogP contribution in [0.2, 0.25) is 0 Å². The van der Waals surface area contributed by atoms with Crippen molar-refractivity contribution in [3.05, 3.63) is 57.9 Å². The van der Waals surface area contributed by atoms with Gasteiger partial charge in [-0.15, -0.1) is 11.3 Å². The molecule has 21 heavy (non-hydrogen) atoms. The Labute approximate surface area is 125 Å². The van der Waals surface area contributed by atoms with Crippen LogP contribution in [-0.2, 0) is 6.42 Å². The lowest BCUT2D eigenvalue weighted by molar-refractivity contribution is 0.0996. The van der Waals surface area contributed by atoms with E-state index >= 15 is 0 Å². The average molecular weight is 301 g/mol. The summed E-state index contributed by atoms with van der Waals surface area (Å²) in [7, 11) is 0. The van der Waals surface area contributed by atoms with E-state index in [0.29, 0.717) is 12.0 Å². The first-order valence-corrected chi connectivity index (χ1v) is 6.91.